The third kappa shape index (κ3) is 5.96. The number of nitrogens with zero attached hydrogens (tertiary/aromatic N) is 2. The Balaban J connectivity index is 1.48. The molecule has 3 rings (SSSR count). The maximum absolute atomic E-state index is 12.9. The summed E-state index contributed by atoms with van der Waals surface area (Å²) in [4.78, 5) is 14.7. The van der Waals surface area contributed by atoms with Crippen molar-refractivity contribution in [3.8, 4) is 11.5 Å². The van der Waals surface area contributed by atoms with E-state index < -0.39 is 10.0 Å². The van der Waals surface area contributed by atoms with Gasteiger partial charge in [-0.2, -0.15) is 4.31 Å². The standard InChI is InChI=1S/C22H29N3O5S/c1-3-30-18-8-10-19(11-9-18)31(27,28)25-16-14-24(15-17-25)13-12-22(26)23-20-6-4-5-7-21(20)29-2/h4-11H,3,12-17H2,1-2H3,(H,23,26). The number of carbonyl (C=O) groups excluding carboxylic acids is 1. The maximum atomic E-state index is 12.9. The third-order valence-corrected chi connectivity index (χ3v) is 7.05. The van der Waals surface area contributed by atoms with Gasteiger partial charge in [-0.1, -0.05) is 12.1 Å². The molecule has 1 saturated heterocycles. The van der Waals surface area contributed by atoms with Crippen LogP contribution in [0.2, 0.25) is 0 Å². The van der Waals surface area contributed by atoms with E-state index in [-0.39, 0.29) is 10.8 Å². The second-order valence-corrected chi connectivity index (χ2v) is 9.09. The number of anilines is 1. The van der Waals surface area contributed by atoms with E-state index in [2.05, 4.69) is 10.2 Å². The van der Waals surface area contributed by atoms with Gasteiger partial charge in [-0.25, -0.2) is 8.42 Å². The molecule has 1 N–H and O–H groups in total. The van der Waals surface area contributed by atoms with Crippen molar-refractivity contribution in [2.75, 3.05) is 51.8 Å². The summed E-state index contributed by atoms with van der Waals surface area (Å²) >= 11 is 0. The number of benzene rings is 2. The summed E-state index contributed by atoms with van der Waals surface area (Å²) in [5.74, 6) is 1.16. The molecule has 1 aliphatic rings. The quantitative estimate of drug-likeness (QED) is 0.635. The van der Waals surface area contributed by atoms with Crippen LogP contribution in [0.1, 0.15) is 13.3 Å². The highest BCUT2D eigenvalue weighted by Crippen LogP contribution is 2.23. The van der Waals surface area contributed by atoms with Crippen LogP contribution in [0.3, 0.4) is 0 Å². The normalized spacial score (nSPS) is 15.4. The van der Waals surface area contributed by atoms with Crippen molar-refractivity contribution in [3.05, 3.63) is 48.5 Å². The maximum Gasteiger partial charge on any atom is 0.243 e. The van der Waals surface area contributed by atoms with Gasteiger partial charge in [-0.05, 0) is 43.3 Å². The average molecular weight is 448 g/mol. The van der Waals surface area contributed by atoms with Gasteiger partial charge in [0.05, 0.1) is 24.3 Å². The van der Waals surface area contributed by atoms with Gasteiger partial charge in [0.15, 0.2) is 0 Å². The summed E-state index contributed by atoms with van der Waals surface area (Å²) in [6.07, 6.45) is 0.323. The molecule has 0 atom stereocenters. The predicted molar refractivity (Wildman–Crippen MR) is 119 cm³/mol. The van der Waals surface area contributed by atoms with Crippen LogP contribution in [0.5, 0.6) is 11.5 Å². The van der Waals surface area contributed by atoms with Gasteiger partial charge in [0.1, 0.15) is 11.5 Å². The van der Waals surface area contributed by atoms with Crippen LogP contribution in [0.15, 0.2) is 53.4 Å². The molecule has 8 nitrogen and oxygen atoms in total. The summed E-state index contributed by atoms with van der Waals surface area (Å²) in [5, 5.41) is 2.86. The molecule has 0 bridgehead atoms. The lowest BCUT2D eigenvalue weighted by Crippen LogP contribution is -2.49. The summed E-state index contributed by atoms with van der Waals surface area (Å²) in [7, 11) is -1.98. The van der Waals surface area contributed by atoms with Gasteiger partial charge in [-0.15, -0.1) is 0 Å². The molecule has 0 spiro atoms. The molecule has 0 radical (unpaired) electrons. The fourth-order valence-corrected chi connectivity index (χ4v) is 4.86. The molecule has 1 heterocycles. The first kappa shape index (κ1) is 23.1. The predicted octanol–water partition coefficient (Wildman–Crippen LogP) is 2.43. The Hall–Kier alpha value is -2.62. The number of ether oxygens (including phenoxy) is 2. The number of para-hydroxylation sites is 2. The van der Waals surface area contributed by atoms with Crippen LogP contribution in [0, 0.1) is 0 Å². The Morgan fingerprint density at radius 3 is 2.35 bits per heavy atom. The van der Waals surface area contributed by atoms with Crippen LogP contribution in [-0.2, 0) is 14.8 Å². The van der Waals surface area contributed by atoms with Crippen molar-refractivity contribution < 1.29 is 22.7 Å². The second kappa shape index (κ2) is 10.6. The van der Waals surface area contributed by atoms with Crippen LogP contribution in [0.4, 0.5) is 5.69 Å². The van der Waals surface area contributed by atoms with Gasteiger partial charge in [0.25, 0.3) is 0 Å². The van der Waals surface area contributed by atoms with Crippen molar-refractivity contribution in [3.63, 3.8) is 0 Å². The zero-order valence-electron chi connectivity index (χ0n) is 17.9. The number of methoxy groups -OCH3 is 1. The lowest BCUT2D eigenvalue weighted by molar-refractivity contribution is -0.116. The van der Waals surface area contributed by atoms with Crippen molar-refractivity contribution in [1.82, 2.24) is 9.21 Å². The summed E-state index contributed by atoms with van der Waals surface area (Å²) < 4.78 is 37.9. The van der Waals surface area contributed by atoms with Crippen LogP contribution in [0.25, 0.3) is 0 Å². The summed E-state index contributed by atoms with van der Waals surface area (Å²) in [6, 6.07) is 13.8. The van der Waals surface area contributed by atoms with E-state index >= 15 is 0 Å². The Bertz CT molecular complexity index is 971. The highest BCUT2D eigenvalue weighted by atomic mass is 32.2. The lowest BCUT2D eigenvalue weighted by atomic mass is 10.2. The fourth-order valence-electron chi connectivity index (χ4n) is 3.44. The molecule has 0 saturated carbocycles. The minimum absolute atomic E-state index is 0.103. The smallest absolute Gasteiger partial charge is 0.243 e. The Kier molecular flexibility index (Phi) is 7.89. The number of sulfonamides is 1. The van der Waals surface area contributed by atoms with E-state index in [9.17, 15) is 13.2 Å². The van der Waals surface area contributed by atoms with Crippen molar-refractivity contribution in [1.29, 1.82) is 0 Å². The topological polar surface area (TPSA) is 88.2 Å². The Morgan fingerprint density at radius 2 is 1.71 bits per heavy atom. The summed E-state index contributed by atoms with van der Waals surface area (Å²) in [5.41, 5.74) is 0.640. The molecule has 2 aromatic carbocycles. The molecular formula is C22H29N3O5S. The molecule has 31 heavy (non-hydrogen) atoms. The van der Waals surface area contributed by atoms with Crippen LogP contribution < -0.4 is 14.8 Å². The number of nitrogens with one attached hydrogen (secondary N) is 1. The number of rotatable bonds is 9. The van der Waals surface area contributed by atoms with Crippen LogP contribution >= 0.6 is 0 Å². The highest BCUT2D eigenvalue weighted by Gasteiger charge is 2.28. The number of amides is 1. The van der Waals surface area contributed by atoms with E-state index in [0.29, 0.717) is 62.9 Å². The van der Waals surface area contributed by atoms with E-state index in [4.69, 9.17) is 9.47 Å². The van der Waals surface area contributed by atoms with Gasteiger partial charge >= 0.3 is 0 Å². The minimum Gasteiger partial charge on any atom is -0.495 e. The first-order chi connectivity index (χ1) is 14.9. The molecule has 0 aromatic heterocycles. The SMILES string of the molecule is CCOc1ccc(S(=O)(=O)N2CCN(CCC(=O)Nc3ccccc3OC)CC2)cc1. The highest BCUT2D eigenvalue weighted by molar-refractivity contribution is 7.89. The van der Waals surface area contributed by atoms with E-state index in [1.165, 1.54) is 4.31 Å². The minimum atomic E-state index is -3.54. The Morgan fingerprint density at radius 1 is 1.03 bits per heavy atom. The Labute approximate surface area is 183 Å². The van der Waals surface area contributed by atoms with Gasteiger partial charge in [0.2, 0.25) is 15.9 Å². The van der Waals surface area contributed by atoms with Crippen molar-refractivity contribution in [2.45, 2.75) is 18.2 Å². The van der Waals surface area contributed by atoms with Crippen LogP contribution in [-0.4, -0.2) is 70.0 Å². The molecule has 1 aliphatic heterocycles. The van der Waals surface area contributed by atoms with Gasteiger partial charge in [-0.3, -0.25) is 4.79 Å². The number of piperazine rings is 1. The van der Waals surface area contributed by atoms with E-state index in [0.717, 1.165) is 0 Å². The zero-order chi connectivity index (χ0) is 22.3. The van der Waals surface area contributed by atoms with Crippen molar-refractivity contribution in [2.24, 2.45) is 0 Å². The van der Waals surface area contributed by atoms with Gasteiger partial charge < -0.3 is 19.7 Å². The zero-order valence-corrected chi connectivity index (χ0v) is 18.7. The monoisotopic (exact) mass is 447 g/mol. The second-order valence-electron chi connectivity index (χ2n) is 7.15. The van der Waals surface area contributed by atoms with E-state index in [1.54, 1.807) is 43.5 Å². The van der Waals surface area contributed by atoms with E-state index in [1.807, 2.05) is 19.1 Å². The number of hydrogen-bond donors (Lipinski definition) is 1. The molecule has 1 amide bonds. The molecule has 9 heteroatoms. The molecule has 0 unspecified atom stereocenters. The third-order valence-electron chi connectivity index (χ3n) is 5.14. The fraction of sp³-hybridized carbons (Fsp3) is 0.409. The molecule has 2 aromatic rings. The first-order valence-corrected chi connectivity index (χ1v) is 11.8. The molecule has 0 aliphatic carbocycles. The first-order valence-electron chi connectivity index (χ1n) is 10.3. The largest absolute Gasteiger partial charge is 0.495 e. The summed E-state index contributed by atoms with van der Waals surface area (Å²) in [6.45, 7) is 4.93. The molecule has 1 fully saturated rings. The van der Waals surface area contributed by atoms with Crippen molar-refractivity contribution >= 4 is 21.6 Å². The number of carbonyl (C=O) groups is 1. The molecule has 168 valence electrons. The molecular weight excluding hydrogens is 418 g/mol. The average Bonchev–Trinajstić information content (AvgIpc) is 2.79. The van der Waals surface area contributed by atoms with Gasteiger partial charge in [0, 0.05) is 39.1 Å². The lowest BCUT2D eigenvalue weighted by Gasteiger charge is -2.33. The number of hydrogen-bond acceptors (Lipinski definition) is 6.